The summed E-state index contributed by atoms with van der Waals surface area (Å²) in [5.41, 5.74) is 7.18. The molecule has 0 aliphatic carbocycles. The summed E-state index contributed by atoms with van der Waals surface area (Å²) in [6, 6.07) is 7.81. The van der Waals surface area contributed by atoms with Crippen LogP contribution in [0.15, 0.2) is 30.5 Å². The van der Waals surface area contributed by atoms with Gasteiger partial charge in [-0.3, -0.25) is 4.40 Å². The lowest BCUT2D eigenvalue weighted by molar-refractivity contribution is 1.12. The predicted molar refractivity (Wildman–Crippen MR) is 65.4 cm³/mol. The number of nitrogen functional groups attached to an aromatic ring is 1. The lowest BCUT2D eigenvalue weighted by atomic mass is 10.4. The van der Waals surface area contributed by atoms with E-state index in [1.165, 1.54) is 4.88 Å². The Balaban J connectivity index is 2.25. The summed E-state index contributed by atoms with van der Waals surface area (Å²) in [7, 11) is 0. The van der Waals surface area contributed by atoms with E-state index in [1.54, 1.807) is 11.3 Å². The number of fused-ring (bicyclic) bond motifs is 1. The quantitative estimate of drug-likeness (QED) is 0.698. The summed E-state index contributed by atoms with van der Waals surface area (Å²) < 4.78 is 1.95. The molecular formula is C11H10N4S. The normalized spacial score (nSPS) is 11.1. The summed E-state index contributed by atoms with van der Waals surface area (Å²) in [6.45, 7) is 2.08. The smallest absolute Gasteiger partial charge is 0.178 e. The number of hydrogen-bond acceptors (Lipinski definition) is 4. The van der Waals surface area contributed by atoms with Gasteiger partial charge < -0.3 is 5.73 Å². The highest BCUT2D eigenvalue weighted by Crippen LogP contribution is 2.26. The van der Waals surface area contributed by atoms with E-state index in [1.807, 2.05) is 22.7 Å². The Kier molecular flexibility index (Phi) is 1.94. The molecule has 0 aliphatic rings. The van der Waals surface area contributed by atoms with Crippen molar-refractivity contribution < 1.29 is 0 Å². The van der Waals surface area contributed by atoms with Crippen molar-refractivity contribution in [1.82, 2.24) is 14.6 Å². The van der Waals surface area contributed by atoms with Gasteiger partial charge in [0.05, 0.1) is 4.88 Å². The molecule has 3 rings (SSSR count). The summed E-state index contributed by atoms with van der Waals surface area (Å²) in [6.07, 6.45) is 1.90. The van der Waals surface area contributed by atoms with Gasteiger partial charge in [0, 0.05) is 22.8 Å². The predicted octanol–water partition coefficient (Wildman–Crippen LogP) is 2.35. The second-order valence-electron chi connectivity index (χ2n) is 3.62. The molecule has 0 saturated heterocycles. The van der Waals surface area contributed by atoms with Crippen molar-refractivity contribution in [3.05, 3.63) is 35.3 Å². The van der Waals surface area contributed by atoms with Crippen molar-refractivity contribution >= 4 is 22.7 Å². The number of rotatable bonds is 1. The first-order chi connectivity index (χ1) is 7.74. The van der Waals surface area contributed by atoms with Crippen molar-refractivity contribution in [3.8, 4) is 10.7 Å². The van der Waals surface area contributed by atoms with E-state index >= 15 is 0 Å². The number of aryl methyl sites for hydroxylation is 1. The Morgan fingerprint density at radius 1 is 1.25 bits per heavy atom. The van der Waals surface area contributed by atoms with Gasteiger partial charge in [0.15, 0.2) is 11.5 Å². The first-order valence-electron chi connectivity index (χ1n) is 4.91. The largest absolute Gasteiger partial charge is 0.399 e. The molecular weight excluding hydrogens is 220 g/mol. The number of nitrogens with zero attached hydrogens (tertiary/aromatic N) is 3. The Bertz CT molecular complexity index is 653. The first-order valence-corrected chi connectivity index (χ1v) is 5.73. The lowest BCUT2D eigenvalue weighted by Gasteiger charge is -1.97. The van der Waals surface area contributed by atoms with Crippen molar-refractivity contribution in [2.75, 3.05) is 5.73 Å². The lowest BCUT2D eigenvalue weighted by Crippen LogP contribution is -1.90. The molecule has 5 heteroatoms. The van der Waals surface area contributed by atoms with Gasteiger partial charge in [-0.1, -0.05) is 0 Å². The summed E-state index contributed by atoms with van der Waals surface area (Å²) in [4.78, 5) is 2.39. The Morgan fingerprint density at radius 2 is 2.12 bits per heavy atom. The molecule has 0 atom stereocenters. The third kappa shape index (κ3) is 1.37. The Morgan fingerprint density at radius 3 is 2.88 bits per heavy atom. The first kappa shape index (κ1) is 9.35. The van der Waals surface area contributed by atoms with Gasteiger partial charge >= 0.3 is 0 Å². The van der Waals surface area contributed by atoms with Crippen LogP contribution in [0.5, 0.6) is 0 Å². The molecule has 3 aromatic heterocycles. The maximum absolute atomic E-state index is 5.70. The SMILES string of the molecule is Cc1ccc(-c2nnc3cc(N)ccn23)s1. The van der Waals surface area contributed by atoms with Crippen LogP contribution in [0.3, 0.4) is 0 Å². The third-order valence-corrected chi connectivity index (χ3v) is 3.39. The summed E-state index contributed by atoms with van der Waals surface area (Å²) in [5, 5.41) is 8.29. The van der Waals surface area contributed by atoms with Crippen LogP contribution >= 0.6 is 11.3 Å². The molecule has 3 aromatic rings. The molecule has 0 radical (unpaired) electrons. The van der Waals surface area contributed by atoms with E-state index in [-0.39, 0.29) is 0 Å². The molecule has 4 nitrogen and oxygen atoms in total. The van der Waals surface area contributed by atoms with Crippen molar-refractivity contribution in [2.24, 2.45) is 0 Å². The molecule has 0 fully saturated rings. The van der Waals surface area contributed by atoms with Gasteiger partial charge in [-0.25, -0.2) is 0 Å². The second-order valence-corrected chi connectivity index (χ2v) is 4.91. The van der Waals surface area contributed by atoms with Crippen LogP contribution < -0.4 is 5.73 Å². The van der Waals surface area contributed by atoms with Crippen molar-refractivity contribution in [1.29, 1.82) is 0 Å². The number of hydrogen-bond donors (Lipinski definition) is 1. The highest BCUT2D eigenvalue weighted by atomic mass is 32.1. The van der Waals surface area contributed by atoms with E-state index in [9.17, 15) is 0 Å². The van der Waals surface area contributed by atoms with Gasteiger partial charge in [-0.15, -0.1) is 21.5 Å². The summed E-state index contributed by atoms with van der Waals surface area (Å²) in [5.74, 6) is 0.869. The highest BCUT2D eigenvalue weighted by Gasteiger charge is 2.09. The van der Waals surface area contributed by atoms with Crippen LogP contribution in [0.1, 0.15) is 4.88 Å². The molecule has 0 spiro atoms. The van der Waals surface area contributed by atoms with Crippen molar-refractivity contribution in [3.63, 3.8) is 0 Å². The fourth-order valence-corrected chi connectivity index (χ4v) is 2.48. The average Bonchev–Trinajstić information content (AvgIpc) is 2.83. The van der Waals surface area contributed by atoms with Gasteiger partial charge in [0.2, 0.25) is 0 Å². The average molecular weight is 230 g/mol. The summed E-state index contributed by atoms with van der Waals surface area (Å²) >= 11 is 1.71. The number of thiophene rings is 1. The third-order valence-electron chi connectivity index (χ3n) is 2.39. The van der Waals surface area contributed by atoms with Crippen LogP contribution in [0, 0.1) is 6.92 Å². The van der Waals surface area contributed by atoms with Crippen molar-refractivity contribution in [2.45, 2.75) is 6.92 Å². The van der Waals surface area contributed by atoms with Crippen LogP contribution in [0.25, 0.3) is 16.3 Å². The maximum Gasteiger partial charge on any atom is 0.178 e. The molecule has 0 unspecified atom stereocenters. The molecule has 0 amide bonds. The molecule has 80 valence electrons. The topological polar surface area (TPSA) is 56.2 Å². The van der Waals surface area contributed by atoms with E-state index in [4.69, 9.17) is 5.73 Å². The highest BCUT2D eigenvalue weighted by molar-refractivity contribution is 7.15. The standard InChI is InChI=1S/C11H10N4S/c1-7-2-3-9(16-7)11-14-13-10-6-8(12)4-5-15(10)11/h2-6H,12H2,1H3. The molecule has 2 N–H and O–H groups in total. The maximum atomic E-state index is 5.70. The minimum absolute atomic E-state index is 0.703. The van der Waals surface area contributed by atoms with E-state index in [0.29, 0.717) is 5.69 Å². The molecule has 3 heterocycles. The van der Waals surface area contributed by atoms with Gasteiger partial charge in [0.25, 0.3) is 0 Å². The molecule has 16 heavy (non-hydrogen) atoms. The zero-order valence-corrected chi connectivity index (χ0v) is 9.53. The number of anilines is 1. The minimum atomic E-state index is 0.703. The van der Waals surface area contributed by atoms with E-state index in [2.05, 4.69) is 29.3 Å². The molecule has 0 aliphatic heterocycles. The number of nitrogens with two attached hydrogens (primary N) is 1. The molecule has 0 aromatic carbocycles. The fraction of sp³-hybridized carbons (Fsp3) is 0.0909. The van der Waals surface area contributed by atoms with Gasteiger partial charge in [-0.05, 0) is 25.1 Å². The van der Waals surface area contributed by atoms with Gasteiger partial charge in [0.1, 0.15) is 0 Å². The zero-order valence-electron chi connectivity index (χ0n) is 8.71. The van der Waals surface area contributed by atoms with Crippen LogP contribution in [-0.2, 0) is 0 Å². The number of pyridine rings is 1. The zero-order chi connectivity index (χ0) is 11.1. The molecule has 0 saturated carbocycles. The Hall–Kier alpha value is -1.88. The van der Waals surface area contributed by atoms with Gasteiger partial charge in [-0.2, -0.15) is 0 Å². The second kappa shape index (κ2) is 3.31. The van der Waals surface area contributed by atoms with Crippen LogP contribution in [-0.4, -0.2) is 14.6 Å². The minimum Gasteiger partial charge on any atom is -0.399 e. The monoisotopic (exact) mass is 230 g/mol. The van der Waals surface area contributed by atoms with E-state index < -0.39 is 0 Å². The van der Waals surface area contributed by atoms with Crippen LogP contribution in [0.2, 0.25) is 0 Å². The number of aromatic nitrogens is 3. The Labute approximate surface area is 96.4 Å². The molecule has 0 bridgehead atoms. The van der Waals surface area contributed by atoms with Crippen LogP contribution in [0.4, 0.5) is 5.69 Å². The van der Waals surface area contributed by atoms with E-state index in [0.717, 1.165) is 16.3 Å². The fourth-order valence-electron chi connectivity index (χ4n) is 1.63.